The fraction of sp³-hybridized carbons (Fsp3) is 0.316. The molecule has 2 aromatic carbocycles. The van der Waals surface area contributed by atoms with E-state index in [1.807, 2.05) is 54.6 Å². The number of hydrogen-bond donors (Lipinski definition) is 0. The van der Waals surface area contributed by atoms with Crippen molar-refractivity contribution in [3.8, 4) is 5.75 Å². The van der Waals surface area contributed by atoms with E-state index in [1.54, 1.807) is 0 Å². The first kappa shape index (κ1) is 15.3. The minimum atomic E-state index is 0.184. The Kier molecular flexibility index (Phi) is 5.56. The van der Waals surface area contributed by atoms with Crippen molar-refractivity contribution in [3.63, 3.8) is 0 Å². The molecule has 0 aliphatic heterocycles. The normalized spacial score (nSPS) is 10.6. The van der Waals surface area contributed by atoms with E-state index in [0.717, 1.165) is 23.3 Å². The van der Waals surface area contributed by atoms with Gasteiger partial charge in [0, 0.05) is 12.0 Å². The summed E-state index contributed by atoms with van der Waals surface area (Å²) >= 11 is 0. The van der Waals surface area contributed by atoms with Crippen LogP contribution in [0, 0.1) is 5.92 Å². The molecule has 0 bridgehead atoms. The monoisotopic (exact) mass is 282 g/mol. The van der Waals surface area contributed by atoms with Crippen LogP contribution in [0.5, 0.6) is 5.75 Å². The van der Waals surface area contributed by atoms with Crippen LogP contribution >= 0.6 is 0 Å². The predicted molar refractivity (Wildman–Crippen MR) is 85.9 cm³/mol. The van der Waals surface area contributed by atoms with Gasteiger partial charge in [-0.25, -0.2) is 0 Å². The summed E-state index contributed by atoms with van der Waals surface area (Å²) in [5.41, 5.74) is 1.92. The van der Waals surface area contributed by atoms with Crippen LogP contribution in [-0.2, 0) is 6.42 Å². The highest BCUT2D eigenvalue weighted by molar-refractivity contribution is 5.96. The number of Topliss-reactive ketones (excluding diaryl/α,β-unsaturated/α-hetero) is 1. The first-order valence-corrected chi connectivity index (χ1v) is 7.45. The molecule has 21 heavy (non-hydrogen) atoms. The maximum absolute atomic E-state index is 12.1. The fourth-order valence-corrected chi connectivity index (χ4v) is 2.08. The summed E-state index contributed by atoms with van der Waals surface area (Å²) in [6, 6.07) is 17.5. The summed E-state index contributed by atoms with van der Waals surface area (Å²) in [5.74, 6) is 1.57. The molecular weight excluding hydrogens is 260 g/mol. The fourth-order valence-electron chi connectivity index (χ4n) is 2.08. The molecule has 110 valence electrons. The third kappa shape index (κ3) is 5.07. The molecule has 0 aliphatic carbocycles. The second-order valence-electron chi connectivity index (χ2n) is 5.64. The molecule has 2 rings (SSSR count). The number of benzene rings is 2. The van der Waals surface area contributed by atoms with Crippen molar-refractivity contribution in [1.82, 2.24) is 0 Å². The van der Waals surface area contributed by atoms with E-state index in [1.165, 1.54) is 0 Å². The zero-order chi connectivity index (χ0) is 15.1. The van der Waals surface area contributed by atoms with Crippen molar-refractivity contribution in [2.75, 3.05) is 6.61 Å². The summed E-state index contributed by atoms with van der Waals surface area (Å²) < 4.78 is 5.71. The maximum atomic E-state index is 12.1. The number of ether oxygens (including phenoxy) is 1. The summed E-state index contributed by atoms with van der Waals surface area (Å²) in [6.07, 6.45) is 1.27. The Balaban J connectivity index is 1.91. The highest BCUT2D eigenvalue weighted by Crippen LogP contribution is 2.16. The Labute approximate surface area is 126 Å². The standard InChI is InChI=1S/C19H22O2/c1-15(2)14-21-18-10-6-7-16(13-18)11-12-19(20)17-8-4-3-5-9-17/h3-10,13,15H,11-12,14H2,1-2H3. The largest absolute Gasteiger partial charge is 0.493 e. The molecule has 0 spiro atoms. The minimum absolute atomic E-state index is 0.184. The maximum Gasteiger partial charge on any atom is 0.163 e. The highest BCUT2D eigenvalue weighted by atomic mass is 16.5. The second-order valence-corrected chi connectivity index (χ2v) is 5.64. The third-order valence-corrected chi connectivity index (χ3v) is 3.22. The molecule has 0 unspecified atom stereocenters. The highest BCUT2D eigenvalue weighted by Gasteiger charge is 2.06. The molecule has 0 atom stereocenters. The quantitative estimate of drug-likeness (QED) is 0.697. The number of ketones is 1. The van der Waals surface area contributed by atoms with Crippen molar-refractivity contribution >= 4 is 5.78 Å². The van der Waals surface area contributed by atoms with E-state index in [9.17, 15) is 4.79 Å². The van der Waals surface area contributed by atoms with E-state index < -0.39 is 0 Å². The van der Waals surface area contributed by atoms with Crippen LogP contribution in [0.2, 0.25) is 0 Å². The van der Waals surface area contributed by atoms with Gasteiger partial charge in [-0.15, -0.1) is 0 Å². The van der Waals surface area contributed by atoms with Crippen molar-refractivity contribution < 1.29 is 9.53 Å². The van der Waals surface area contributed by atoms with Gasteiger partial charge in [0.15, 0.2) is 5.78 Å². The van der Waals surface area contributed by atoms with Gasteiger partial charge in [0.05, 0.1) is 6.61 Å². The summed E-state index contributed by atoms with van der Waals surface area (Å²) in [6.45, 7) is 4.97. The topological polar surface area (TPSA) is 26.3 Å². The van der Waals surface area contributed by atoms with Crippen LogP contribution in [0.3, 0.4) is 0 Å². The average Bonchev–Trinajstić information content (AvgIpc) is 2.52. The van der Waals surface area contributed by atoms with Gasteiger partial charge in [0.25, 0.3) is 0 Å². The van der Waals surface area contributed by atoms with Crippen molar-refractivity contribution in [2.45, 2.75) is 26.7 Å². The van der Waals surface area contributed by atoms with Crippen LogP contribution in [0.25, 0.3) is 0 Å². The second kappa shape index (κ2) is 7.63. The number of aryl methyl sites for hydroxylation is 1. The van der Waals surface area contributed by atoms with Crippen molar-refractivity contribution in [2.24, 2.45) is 5.92 Å². The summed E-state index contributed by atoms with van der Waals surface area (Å²) in [7, 11) is 0. The molecule has 0 radical (unpaired) electrons. The molecular formula is C19H22O2. The molecule has 2 aromatic rings. The first-order valence-electron chi connectivity index (χ1n) is 7.45. The third-order valence-electron chi connectivity index (χ3n) is 3.22. The SMILES string of the molecule is CC(C)COc1cccc(CCC(=O)c2ccccc2)c1. The molecule has 0 amide bonds. The number of carbonyl (C=O) groups is 1. The van der Waals surface area contributed by atoms with Gasteiger partial charge in [-0.2, -0.15) is 0 Å². The van der Waals surface area contributed by atoms with Gasteiger partial charge in [-0.1, -0.05) is 56.3 Å². The van der Waals surface area contributed by atoms with Crippen molar-refractivity contribution in [3.05, 3.63) is 65.7 Å². The Morgan fingerprint density at radius 1 is 1.05 bits per heavy atom. The number of rotatable bonds is 7. The van der Waals surface area contributed by atoms with Gasteiger partial charge >= 0.3 is 0 Å². The molecule has 0 fully saturated rings. The summed E-state index contributed by atoms with van der Waals surface area (Å²) in [5, 5.41) is 0. The molecule has 0 saturated heterocycles. The molecule has 0 aromatic heterocycles. The van der Waals surface area contributed by atoms with Crippen LogP contribution in [0.15, 0.2) is 54.6 Å². The van der Waals surface area contributed by atoms with E-state index in [-0.39, 0.29) is 5.78 Å². The molecule has 0 aliphatic rings. The Hall–Kier alpha value is -2.09. The molecule has 0 heterocycles. The zero-order valence-electron chi connectivity index (χ0n) is 12.7. The smallest absolute Gasteiger partial charge is 0.163 e. The molecule has 2 nitrogen and oxygen atoms in total. The molecule has 0 saturated carbocycles. The van der Waals surface area contributed by atoms with Crippen LogP contribution in [-0.4, -0.2) is 12.4 Å². The Morgan fingerprint density at radius 3 is 2.52 bits per heavy atom. The lowest BCUT2D eigenvalue weighted by atomic mass is 10.0. The van der Waals surface area contributed by atoms with Gasteiger partial charge in [0.2, 0.25) is 0 Å². The first-order chi connectivity index (χ1) is 10.1. The average molecular weight is 282 g/mol. The lowest BCUT2D eigenvalue weighted by molar-refractivity contribution is 0.0983. The lowest BCUT2D eigenvalue weighted by Gasteiger charge is -2.10. The minimum Gasteiger partial charge on any atom is -0.493 e. The van der Waals surface area contributed by atoms with E-state index >= 15 is 0 Å². The van der Waals surface area contributed by atoms with E-state index in [0.29, 0.717) is 18.9 Å². The number of hydrogen-bond acceptors (Lipinski definition) is 2. The summed E-state index contributed by atoms with van der Waals surface area (Å²) in [4.78, 5) is 12.1. The van der Waals surface area contributed by atoms with Gasteiger partial charge in [-0.05, 0) is 30.0 Å². The molecule has 0 N–H and O–H groups in total. The Morgan fingerprint density at radius 2 is 1.81 bits per heavy atom. The lowest BCUT2D eigenvalue weighted by Crippen LogP contribution is -2.05. The predicted octanol–water partition coefficient (Wildman–Crippen LogP) is 4.54. The van der Waals surface area contributed by atoms with Gasteiger partial charge in [-0.3, -0.25) is 4.79 Å². The zero-order valence-corrected chi connectivity index (χ0v) is 12.7. The van der Waals surface area contributed by atoms with Gasteiger partial charge in [0.1, 0.15) is 5.75 Å². The molecule has 2 heteroatoms. The van der Waals surface area contributed by atoms with Crippen molar-refractivity contribution in [1.29, 1.82) is 0 Å². The van der Waals surface area contributed by atoms with Crippen LogP contribution in [0.1, 0.15) is 36.2 Å². The Bertz CT molecular complexity index is 573. The van der Waals surface area contributed by atoms with E-state index in [2.05, 4.69) is 13.8 Å². The van der Waals surface area contributed by atoms with Gasteiger partial charge < -0.3 is 4.74 Å². The van der Waals surface area contributed by atoms with E-state index in [4.69, 9.17) is 4.74 Å². The number of carbonyl (C=O) groups excluding carboxylic acids is 1. The van der Waals surface area contributed by atoms with Crippen LogP contribution in [0.4, 0.5) is 0 Å². The van der Waals surface area contributed by atoms with Crippen LogP contribution < -0.4 is 4.74 Å².